The third kappa shape index (κ3) is 11.6. The molecule has 0 heterocycles. The third-order valence-electron chi connectivity index (χ3n) is 1.41. The summed E-state index contributed by atoms with van der Waals surface area (Å²) in [5.41, 5.74) is 0. The molecule has 4 nitrogen and oxygen atoms in total. The largest absolute Gasteiger partial charge is 0.382 e. The second kappa shape index (κ2) is 12.6. The van der Waals surface area contributed by atoms with Gasteiger partial charge < -0.3 is 18.9 Å². The van der Waals surface area contributed by atoms with E-state index in [0.717, 1.165) is 0 Å². The van der Waals surface area contributed by atoms with E-state index in [1.54, 1.807) is 13.2 Å². The van der Waals surface area contributed by atoms with Crippen molar-refractivity contribution in [3.05, 3.63) is 12.7 Å². The number of hydrogen-bond donors (Lipinski definition) is 0. The first-order chi connectivity index (χ1) is 6.91. The molecule has 0 atom stereocenters. The Morgan fingerprint density at radius 1 is 0.857 bits per heavy atom. The molecule has 0 aliphatic carbocycles. The molecule has 0 unspecified atom stereocenters. The van der Waals surface area contributed by atoms with E-state index in [1.807, 2.05) is 0 Å². The monoisotopic (exact) mass is 204 g/mol. The lowest BCUT2D eigenvalue weighted by atomic mass is 10.6. The highest BCUT2D eigenvalue weighted by atomic mass is 16.6. The molecule has 0 fully saturated rings. The molecule has 0 aromatic carbocycles. The van der Waals surface area contributed by atoms with Gasteiger partial charge in [-0.2, -0.15) is 0 Å². The summed E-state index contributed by atoms with van der Waals surface area (Å²) in [7, 11) is 1.65. The maximum Gasteiger partial charge on any atom is 0.0704 e. The average Bonchev–Trinajstić information content (AvgIpc) is 2.21. The van der Waals surface area contributed by atoms with Crippen LogP contribution in [0.1, 0.15) is 0 Å². The first kappa shape index (κ1) is 13.6. The highest BCUT2D eigenvalue weighted by Gasteiger charge is 1.89. The molecule has 0 radical (unpaired) electrons. The van der Waals surface area contributed by atoms with E-state index in [9.17, 15) is 0 Å². The summed E-state index contributed by atoms with van der Waals surface area (Å²) in [5.74, 6) is 0. The fraction of sp³-hybridized carbons (Fsp3) is 0.800. The van der Waals surface area contributed by atoms with Gasteiger partial charge in [0, 0.05) is 7.11 Å². The quantitative estimate of drug-likeness (QED) is 0.369. The van der Waals surface area contributed by atoms with Crippen molar-refractivity contribution in [2.75, 3.05) is 53.4 Å². The van der Waals surface area contributed by atoms with E-state index in [4.69, 9.17) is 18.9 Å². The van der Waals surface area contributed by atoms with Crippen LogP contribution in [-0.2, 0) is 18.9 Å². The predicted octanol–water partition coefficient (Wildman–Crippen LogP) is 0.869. The molecule has 0 rings (SSSR count). The molecule has 0 aromatic heterocycles. The number of methoxy groups -OCH3 is 1. The van der Waals surface area contributed by atoms with Crippen LogP contribution in [-0.4, -0.2) is 53.4 Å². The van der Waals surface area contributed by atoms with Crippen LogP contribution >= 0.6 is 0 Å². The maximum atomic E-state index is 5.24. The second-order valence-corrected chi connectivity index (χ2v) is 2.58. The van der Waals surface area contributed by atoms with E-state index in [2.05, 4.69) is 6.58 Å². The summed E-state index contributed by atoms with van der Waals surface area (Å²) in [4.78, 5) is 0. The summed E-state index contributed by atoms with van der Waals surface area (Å²) < 4.78 is 20.4. The highest BCUT2D eigenvalue weighted by Crippen LogP contribution is 1.81. The molecule has 0 saturated carbocycles. The van der Waals surface area contributed by atoms with Crippen molar-refractivity contribution in [2.24, 2.45) is 0 Å². The van der Waals surface area contributed by atoms with E-state index in [0.29, 0.717) is 46.2 Å². The zero-order valence-corrected chi connectivity index (χ0v) is 8.87. The fourth-order valence-corrected chi connectivity index (χ4v) is 0.749. The molecule has 0 spiro atoms. The average molecular weight is 204 g/mol. The molecule has 0 bridgehead atoms. The summed E-state index contributed by atoms with van der Waals surface area (Å²) >= 11 is 0. The van der Waals surface area contributed by atoms with Crippen molar-refractivity contribution in [1.29, 1.82) is 0 Å². The van der Waals surface area contributed by atoms with Gasteiger partial charge in [-0.1, -0.05) is 6.08 Å². The zero-order chi connectivity index (χ0) is 10.5. The lowest BCUT2D eigenvalue weighted by molar-refractivity contribution is 0.00709. The van der Waals surface area contributed by atoms with E-state index >= 15 is 0 Å². The third-order valence-corrected chi connectivity index (χ3v) is 1.41. The Labute approximate surface area is 85.8 Å². The zero-order valence-electron chi connectivity index (χ0n) is 8.87. The summed E-state index contributed by atoms with van der Waals surface area (Å²) in [5, 5.41) is 0. The Balaban J connectivity index is 2.81. The SMILES string of the molecule is C=CCOCCOCCOCCOC. The molecule has 0 saturated heterocycles. The van der Waals surface area contributed by atoms with Gasteiger partial charge in [0.1, 0.15) is 0 Å². The Hall–Kier alpha value is -0.420. The Morgan fingerprint density at radius 3 is 1.86 bits per heavy atom. The first-order valence-electron chi connectivity index (χ1n) is 4.75. The summed E-state index contributed by atoms with van der Waals surface area (Å²) in [6, 6.07) is 0. The molecule has 14 heavy (non-hydrogen) atoms. The summed E-state index contributed by atoms with van der Waals surface area (Å²) in [6.45, 7) is 7.76. The van der Waals surface area contributed by atoms with Crippen LogP contribution in [0.3, 0.4) is 0 Å². The molecule has 84 valence electrons. The standard InChI is InChI=1S/C10H20O4/c1-3-4-12-7-8-14-10-9-13-6-5-11-2/h3H,1,4-10H2,2H3. The first-order valence-corrected chi connectivity index (χ1v) is 4.75. The van der Waals surface area contributed by atoms with Gasteiger partial charge in [-0.3, -0.25) is 0 Å². The Kier molecular flexibility index (Phi) is 12.2. The lowest BCUT2D eigenvalue weighted by Gasteiger charge is -2.05. The van der Waals surface area contributed by atoms with Gasteiger partial charge in [0.05, 0.1) is 46.2 Å². The smallest absolute Gasteiger partial charge is 0.0704 e. The van der Waals surface area contributed by atoms with Crippen molar-refractivity contribution in [2.45, 2.75) is 0 Å². The maximum absolute atomic E-state index is 5.24. The lowest BCUT2D eigenvalue weighted by Crippen LogP contribution is -2.11. The molecule has 4 heteroatoms. The van der Waals surface area contributed by atoms with Crippen molar-refractivity contribution in [3.63, 3.8) is 0 Å². The van der Waals surface area contributed by atoms with Gasteiger partial charge in [0.15, 0.2) is 0 Å². The van der Waals surface area contributed by atoms with Crippen LogP contribution in [0.25, 0.3) is 0 Å². The van der Waals surface area contributed by atoms with Crippen LogP contribution in [0.5, 0.6) is 0 Å². The molecule has 0 amide bonds. The minimum absolute atomic E-state index is 0.577. The molecular formula is C10H20O4. The minimum Gasteiger partial charge on any atom is -0.382 e. The van der Waals surface area contributed by atoms with Crippen molar-refractivity contribution in [1.82, 2.24) is 0 Å². The highest BCUT2D eigenvalue weighted by molar-refractivity contribution is 4.63. The van der Waals surface area contributed by atoms with E-state index in [1.165, 1.54) is 0 Å². The van der Waals surface area contributed by atoms with Crippen molar-refractivity contribution in [3.8, 4) is 0 Å². The van der Waals surface area contributed by atoms with Gasteiger partial charge >= 0.3 is 0 Å². The van der Waals surface area contributed by atoms with E-state index < -0.39 is 0 Å². The Morgan fingerprint density at radius 2 is 1.36 bits per heavy atom. The van der Waals surface area contributed by atoms with Crippen molar-refractivity contribution >= 4 is 0 Å². The normalized spacial score (nSPS) is 10.4. The predicted molar refractivity (Wildman–Crippen MR) is 54.5 cm³/mol. The minimum atomic E-state index is 0.577. The second-order valence-electron chi connectivity index (χ2n) is 2.58. The van der Waals surface area contributed by atoms with Crippen LogP contribution in [0, 0.1) is 0 Å². The van der Waals surface area contributed by atoms with Gasteiger partial charge in [-0.05, 0) is 0 Å². The molecule has 0 aliphatic rings. The number of rotatable bonds is 11. The van der Waals surface area contributed by atoms with Crippen molar-refractivity contribution < 1.29 is 18.9 Å². The van der Waals surface area contributed by atoms with Crippen LogP contribution < -0.4 is 0 Å². The van der Waals surface area contributed by atoms with Gasteiger partial charge in [0.25, 0.3) is 0 Å². The molecule has 0 aromatic rings. The van der Waals surface area contributed by atoms with Crippen LogP contribution in [0.4, 0.5) is 0 Å². The topological polar surface area (TPSA) is 36.9 Å². The van der Waals surface area contributed by atoms with E-state index in [-0.39, 0.29) is 0 Å². The van der Waals surface area contributed by atoms with Gasteiger partial charge in [-0.25, -0.2) is 0 Å². The number of hydrogen-bond acceptors (Lipinski definition) is 4. The summed E-state index contributed by atoms with van der Waals surface area (Å²) in [6.07, 6.45) is 1.72. The molecular weight excluding hydrogens is 184 g/mol. The van der Waals surface area contributed by atoms with Gasteiger partial charge in [-0.15, -0.1) is 6.58 Å². The van der Waals surface area contributed by atoms with Gasteiger partial charge in [0.2, 0.25) is 0 Å². The Bertz CT molecular complexity index is 117. The van der Waals surface area contributed by atoms with Crippen LogP contribution in [0.15, 0.2) is 12.7 Å². The van der Waals surface area contributed by atoms with Crippen LogP contribution in [0.2, 0.25) is 0 Å². The number of ether oxygens (including phenoxy) is 4. The molecule has 0 N–H and O–H groups in total. The fourth-order valence-electron chi connectivity index (χ4n) is 0.749. The molecule has 0 aliphatic heterocycles.